The van der Waals surface area contributed by atoms with Crippen LogP contribution in [0.2, 0.25) is 5.02 Å². The molecule has 3 rings (SSSR count). The minimum atomic E-state index is -0.107. The van der Waals surface area contributed by atoms with Gasteiger partial charge in [0.15, 0.2) is 0 Å². The van der Waals surface area contributed by atoms with Gasteiger partial charge in [0.1, 0.15) is 11.9 Å². The Balaban J connectivity index is 1.69. The van der Waals surface area contributed by atoms with Gasteiger partial charge in [-0.2, -0.15) is 0 Å². The highest BCUT2D eigenvalue weighted by molar-refractivity contribution is 6.30. The van der Waals surface area contributed by atoms with Gasteiger partial charge in [-0.15, -0.1) is 0 Å². The number of nitrogens with zero attached hydrogens (tertiary/aromatic N) is 2. The van der Waals surface area contributed by atoms with Gasteiger partial charge >= 0.3 is 0 Å². The number of carbonyl (C=O) groups is 1. The zero-order chi connectivity index (χ0) is 19.1. The molecule has 5 nitrogen and oxygen atoms in total. The van der Waals surface area contributed by atoms with Crippen molar-refractivity contribution >= 4 is 23.2 Å². The third-order valence-corrected chi connectivity index (χ3v) is 4.35. The number of aromatic nitrogens is 2. The Hall–Kier alpha value is -2.79. The second kappa shape index (κ2) is 9.24. The maximum atomic E-state index is 11.3. The molecule has 6 heteroatoms. The summed E-state index contributed by atoms with van der Waals surface area (Å²) in [7, 11) is 0. The van der Waals surface area contributed by atoms with Gasteiger partial charge in [-0.3, -0.25) is 4.79 Å². The Kier molecular flexibility index (Phi) is 6.49. The van der Waals surface area contributed by atoms with E-state index in [9.17, 15) is 4.79 Å². The van der Waals surface area contributed by atoms with E-state index in [1.54, 1.807) is 12.5 Å². The van der Waals surface area contributed by atoms with Crippen molar-refractivity contribution in [3.63, 3.8) is 0 Å². The standard InChI is InChI=1S/C21H22ClN3O2/c1-16(26)24-19-3-2-4-20(13-19)27-21(14-25-12-11-23-15-25)10-7-17-5-8-18(22)9-6-17/h2-6,8-9,11-13,15,21H,7,10,14H2,1H3,(H,24,26). The number of nitrogens with one attached hydrogen (secondary N) is 1. The van der Waals surface area contributed by atoms with E-state index in [1.807, 2.05) is 59.3 Å². The number of ether oxygens (including phenoxy) is 1. The lowest BCUT2D eigenvalue weighted by atomic mass is 10.1. The van der Waals surface area contributed by atoms with Gasteiger partial charge in [-0.05, 0) is 42.7 Å². The van der Waals surface area contributed by atoms with E-state index in [-0.39, 0.29) is 12.0 Å². The summed E-state index contributed by atoms with van der Waals surface area (Å²) in [6, 6.07) is 15.3. The van der Waals surface area contributed by atoms with Gasteiger partial charge in [-0.25, -0.2) is 4.98 Å². The lowest BCUT2D eigenvalue weighted by Gasteiger charge is -2.20. The molecule has 0 spiro atoms. The molecule has 1 atom stereocenters. The average molecular weight is 384 g/mol. The molecular weight excluding hydrogens is 362 g/mol. The molecule has 1 unspecified atom stereocenters. The summed E-state index contributed by atoms with van der Waals surface area (Å²) in [5.41, 5.74) is 1.93. The van der Waals surface area contributed by atoms with Crippen molar-refractivity contribution in [2.45, 2.75) is 32.4 Å². The Morgan fingerprint density at radius 3 is 2.78 bits per heavy atom. The Morgan fingerprint density at radius 1 is 1.26 bits per heavy atom. The number of imidazole rings is 1. The molecule has 1 heterocycles. The summed E-state index contributed by atoms with van der Waals surface area (Å²) >= 11 is 5.96. The topological polar surface area (TPSA) is 56.1 Å². The Bertz CT molecular complexity index is 863. The van der Waals surface area contributed by atoms with E-state index in [2.05, 4.69) is 10.3 Å². The van der Waals surface area contributed by atoms with E-state index in [4.69, 9.17) is 16.3 Å². The second-order valence-corrected chi connectivity index (χ2v) is 6.81. The number of hydrogen-bond acceptors (Lipinski definition) is 3. The van der Waals surface area contributed by atoms with Crippen molar-refractivity contribution in [1.29, 1.82) is 0 Å². The lowest BCUT2D eigenvalue weighted by molar-refractivity contribution is -0.114. The molecule has 0 saturated carbocycles. The van der Waals surface area contributed by atoms with E-state index in [0.29, 0.717) is 6.54 Å². The fraction of sp³-hybridized carbons (Fsp3) is 0.238. The van der Waals surface area contributed by atoms with Gasteiger partial charge < -0.3 is 14.6 Å². The van der Waals surface area contributed by atoms with Gasteiger partial charge in [0.05, 0.1) is 12.9 Å². The summed E-state index contributed by atoms with van der Waals surface area (Å²) in [6.45, 7) is 2.18. The molecule has 1 N–H and O–H groups in total. The third-order valence-electron chi connectivity index (χ3n) is 4.10. The summed E-state index contributed by atoms with van der Waals surface area (Å²) in [4.78, 5) is 15.4. The summed E-state index contributed by atoms with van der Waals surface area (Å²) in [5, 5.41) is 3.52. The van der Waals surface area contributed by atoms with Crippen molar-refractivity contribution in [2.75, 3.05) is 5.32 Å². The molecular formula is C21H22ClN3O2. The lowest BCUT2D eigenvalue weighted by Crippen LogP contribution is -2.23. The number of benzene rings is 2. The quantitative estimate of drug-likeness (QED) is 0.619. The van der Waals surface area contributed by atoms with Gasteiger partial charge in [0.25, 0.3) is 0 Å². The molecule has 3 aromatic rings. The molecule has 0 aliphatic rings. The highest BCUT2D eigenvalue weighted by Gasteiger charge is 2.13. The normalized spacial score (nSPS) is 11.8. The highest BCUT2D eigenvalue weighted by atomic mass is 35.5. The summed E-state index contributed by atoms with van der Waals surface area (Å²) < 4.78 is 8.23. The first kappa shape index (κ1) is 19.0. The monoisotopic (exact) mass is 383 g/mol. The highest BCUT2D eigenvalue weighted by Crippen LogP contribution is 2.21. The first-order chi connectivity index (χ1) is 13.1. The van der Waals surface area contributed by atoms with E-state index >= 15 is 0 Å². The van der Waals surface area contributed by atoms with Crippen LogP contribution in [0.5, 0.6) is 5.75 Å². The third kappa shape index (κ3) is 6.15. The molecule has 1 aromatic heterocycles. The van der Waals surface area contributed by atoms with E-state index < -0.39 is 0 Å². The summed E-state index contributed by atoms with van der Waals surface area (Å²) in [5.74, 6) is 0.618. The van der Waals surface area contributed by atoms with Crippen LogP contribution in [0.3, 0.4) is 0 Å². The predicted molar refractivity (Wildman–Crippen MR) is 107 cm³/mol. The minimum Gasteiger partial charge on any atom is -0.488 e. The summed E-state index contributed by atoms with van der Waals surface area (Å²) in [6.07, 6.45) is 7.14. The molecule has 0 bridgehead atoms. The van der Waals surface area contributed by atoms with Gasteiger partial charge in [-0.1, -0.05) is 29.8 Å². The molecule has 0 radical (unpaired) electrons. The van der Waals surface area contributed by atoms with Crippen LogP contribution in [-0.2, 0) is 17.8 Å². The molecule has 0 aliphatic heterocycles. The Labute approximate surface area is 164 Å². The fourth-order valence-corrected chi connectivity index (χ4v) is 2.96. The van der Waals surface area contributed by atoms with Crippen molar-refractivity contribution in [3.8, 4) is 5.75 Å². The number of halogens is 1. The van der Waals surface area contributed by atoms with Crippen LogP contribution in [-0.4, -0.2) is 21.6 Å². The smallest absolute Gasteiger partial charge is 0.221 e. The van der Waals surface area contributed by atoms with Crippen LogP contribution >= 0.6 is 11.6 Å². The van der Waals surface area contributed by atoms with Crippen molar-refractivity contribution < 1.29 is 9.53 Å². The van der Waals surface area contributed by atoms with E-state index in [1.165, 1.54) is 12.5 Å². The number of anilines is 1. The van der Waals surface area contributed by atoms with Gasteiger partial charge in [0, 0.05) is 36.1 Å². The van der Waals surface area contributed by atoms with Crippen LogP contribution in [0.15, 0.2) is 67.3 Å². The average Bonchev–Trinajstić information content (AvgIpc) is 3.14. The molecule has 0 saturated heterocycles. The van der Waals surface area contributed by atoms with Crippen LogP contribution in [0.4, 0.5) is 5.69 Å². The fourth-order valence-electron chi connectivity index (χ4n) is 2.84. The number of amides is 1. The molecule has 1 amide bonds. The molecule has 0 aliphatic carbocycles. The van der Waals surface area contributed by atoms with Crippen molar-refractivity contribution in [3.05, 3.63) is 77.8 Å². The van der Waals surface area contributed by atoms with Crippen molar-refractivity contribution in [1.82, 2.24) is 9.55 Å². The number of aryl methyl sites for hydroxylation is 1. The zero-order valence-electron chi connectivity index (χ0n) is 15.1. The number of hydrogen-bond donors (Lipinski definition) is 1. The van der Waals surface area contributed by atoms with Crippen LogP contribution < -0.4 is 10.1 Å². The van der Waals surface area contributed by atoms with Crippen LogP contribution in [0.25, 0.3) is 0 Å². The maximum Gasteiger partial charge on any atom is 0.221 e. The van der Waals surface area contributed by atoms with E-state index in [0.717, 1.165) is 29.3 Å². The number of carbonyl (C=O) groups excluding carboxylic acids is 1. The minimum absolute atomic E-state index is 0.0394. The molecule has 140 valence electrons. The number of rotatable bonds is 8. The van der Waals surface area contributed by atoms with Crippen LogP contribution in [0, 0.1) is 0 Å². The largest absolute Gasteiger partial charge is 0.488 e. The predicted octanol–water partition coefficient (Wildman–Crippen LogP) is 4.58. The first-order valence-corrected chi connectivity index (χ1v) is 9.21. The molecule has 27 heavy (non-hydrogen) atoms. The maximum absolute atomic E-state index is 11.3. The van der Waals surface area contributed by atoms with Gasteiger partial charge in [0.2, 0.25) is 5.91 Å². The second-order valence-electron chi connectivity index (χ2n) is 6.37. The molecule has 0 fully saturated rings. The SMILES string of the molecule is CC(=O)Nc1cccc(OC(CCc2ccc(Cl)cc2)Cn2ccnc2)c1. The zero-order valence-corrected chi connectivity index (χ0v) is 15.9. The van der Waals surface area contributed by atoms with Crippen LogP contribution in [0.1, 0.15) is 18.9 Å². The van der Waals surface area contributed by atoms with Crippen molar-refractivity contribution in [2.24, 2.45) is 0 Å². The molecule has 2 aromatic carbocycles. The Morgan fingerprint density at radius 2 is 2.07 bits per heavy atom. The first-order valence-electron chi connectivity index (χ1n) is 8.83.